The first-order valence-electron chi connectivity index (χ1n) is 18.2. The third-order valence-electron chi connectivity index (χ3n) is 8.98. The van der Waals surface area contributed by atoms with E-state index in [4.69, 9.17) is 19.5 Å². The molecule has 60 heavy (non-hydrogen) atoms. The molecule has 10 atom stereocenters. The van der Waals surface area contributed by atoms with Gasteiger partial charge in [-0.2, -0.15) is 4.31 Å². The van der Waals surface area contributed by atoms with Crippen molar-refractivity contribution in [3.8, 4) is 0 Å². The van der Waals surface area contributed by atoms with E-state index in [2.05, 4.69) is 34.4 Å². The zero-order valence-electron chi connectivity index (χ0n) is 32.8. The van der Waals surface area contributed by atoms with Gasteiger partial charge < -0.3 is 61.1 Å². The molecule has 3 rings (SSSR count). The van der Waals surface area contributed by atoms with E-state index in [1.54, 1.807) is 0 Å². The highest BCUT2D eigenvalue weighted by atomic mass is 32.2. The summed E-state index contributed by atoms with van der Waals surface area (Å²) in [6.45, 7) is 4.00. The molecule has 0 saturated carbocycles. The molecule has 30 heteroatoms. The van der Waals surface area contributed by atoms with Crippen LogP contribution in [0, 0.1) is 11.3 Å². The summed E-state index contributed by atoms with van der Waals surface area (Å²) in [5.74, 6) is -1.38. The molecule has 26 nitrogen and oxygen atoms in total. The number of phosphoric acid groups is 3. The second kappa shape index (κ2) is 22.2. The Bertz CT molecular complexity index is 1920. The fourth-order valence-corrected chi connectivity index (χ4v) is 8.98. The summed E-state index contributed by atoms with van der Waals surface area (Å²) in [5, 5.41) is 46.1. The number of amides is 2. The van der Waals surface area contributed by atoms with Crippen molar-refractivity contribution in [3.05, 3.63) is 12.7 Å². The van der Waals surface area contributed by atoms with Crippen LogP contribution >= 0.6 is 35.2 Å². The molecule has 6 unspecified atom stereocenters. The minimum atomic E-state index is -5.59. The van der Waals surface area contributed by atoms with Crippen LogP contribution in [0.25, 0.3) is 11.2 Å². The number of hydrogen-bond donors (Lipinski definition) is 11. The smallest absolute Gasteiger partial charge is 0.393 e. The maximum absolute atomic E-state index is 12.7. The molecule has 1 aliphatic heterocycles. The number of phosphoric ester groups is 3. The number of carbonyl (C=O) groups is 3. The normalized spacial score (nSPS) is 22.7. The summed E-state index contributed by atoms with van der Waals surface area (Å²) < 4.78 is 62.1. The van der Waals surface area contributed by atoms with Crippen molar-refractivity contribution in [2.24, 2.45) is 11.3 Å². The lowest BCUT2D eigenvalue weighted by atomic mass is 9.87. The average molecular weight is 940 g/mol. The molecule has 0 aliphatic carbocycles. The minimum Gasteiger partial charge on any atom is -0.393 e. The highest BCUT2D eigenvalue weighted by Gasteiger charge is 2.50. The lowest BCUT2D eigenvalue weighted by molar-refractivity contribution is -0.137. The van der Waals surface area contributed by atoms with Gasteiger partial charge in [-0.15, -0.1) is 0 Å². The van der Waals surface area contributed by atoms with Crippen LogP contribution in [0.15, 0.2) is 12.7 Å². The van der Waals surface area contributed by atoms with E-state index in [-0.39, 0.29) is 66.1 Å². The van der Waals surface area contributed by atoms with Gasteiger partial charge in [0.1, 0.15) is 36.3 Å². The first-order chi connectivity index (χ1) is 27.8. The quantitative estimate of drug-likeness (QED) is 0.0429. The number of thioether (sulfide) groups is 1. The molecule has 0 bridgehead atoms. The Morgan fingerprint density at radius 3 is 2.35 bits per heavy atom. The van der Waals surface area contributed by atoms with E-state index < -0.39 is 96.8 Å². The Morgan fingerprint density at radius 2 is 1.70 bits per heavy atom. The zero-order chi connectivity index (χ0) is 45.2. The van der Waals surface area contributed by atoms with Gasteiger partial charge in [-0.05, 0) is 12.3 Å². The van der Waals surface area contributed by atoms with Gasteiger partial charge in [0, 0.05) is 37.1 Å². The predicted octanol–water partition coefficient (Wildman–Crippen LogP) is -0.787. The number of nitrogens with one attached hydrogen (secondary N) is 2. The Labute approximate surface area is 347 Å². The van der Waals surface area contributed by atoms with Crippen molar-refractivity contribution < 1.29 is 90.7 Å². The molecule has 1 saturated heterocycles. The Morgan fingerprint density at radius 1 is 1.03 bits per heavy atom. The van der Waals surface area contributed by atoms with Gasteiger partial charge in [0.15, 0.2) is 22.8 Å². The number of nitrogen functional groups attached to an aromatic ring is 1. The van der Waals surface area contributed by atoms with Crippen LogP contribution in [0.1, 0.15) is 59.6 Å². The Kier molecular flexibility index (Phi) is 19.2. The van der Waals surface area contributed by atoms with Crippen molar-refractivity contribution in [3.63, 3.8) is 0 Å². The molecule has 1 fully saturated rings. The van der Waals surface area contributed by atoms with E-state index >= 15 is 0 Å². The lowest BCUT2D eigenvalue weighted by Gasteiger charge is -2.30. The van der Waals surface area contributed by atoms with Gasteiger partial charge in [-0.3, -0.25) is 32.5 Å². The molecule has 2 aromatic rings. The molecular weight excluding hydrogens is 887 g/mol. The van der Waals surface area contributed by atoms with Crippen molar-refractivity contribution >= 4 is 69.1 Å². The third-order valence-corrected chi connectivity index (χ3v) is 13.0. The number of aliphatic hydroxyl groups excluding tert-OH is 4. The van der Waals surface area contributed by atoms with Crippen LogP contribution in [0.5, 0.6) is 0 Å². The molecule has 12 N–H and O–H groups in total. The molecular formula is C30H52N7O19P3S. The molecule has 2 aromatic heterocycles. The maximum Gasteiger partial charge on any atom is 0.481 e. The van der Waals surface area contributed by atoms with Gasteiger partial charge in [0.2, 0.25) is 11.8 Å². The van der Waals surface area contributed by atoms with Gasteiger partial charge in [-0.25, -0.2) is 28.6 Å². The van der Waals surface area contributed by atoms with Crippen LogP contribution in [0.4, 0.5) is 5.82 Å². The molecule has 1 aliphatic rings. The van der Waals surface area contributed by atoms with Crippen LogP contribution in [-0.2, 0) is 50.7 Å². The van der Waals surface area contributed by atoms with Crippen LogP contribution < -0.4 is 16.4 Å². The summed E-state index contributed by atoms with van der Waals surface area (Å²) in [5.41, 5.74) is 4.21. The Balaban J connectivity index is 1.44. The number of rotatable bonds is 25. The van der Waals surface area contributed by atoms with Crippen molar-refractivity contribution in [1.29, 1.82) is 0 Å². The highest BCUT2D eigenvalue weighted by Crippen LogP contribution is 2.61. The van der Waals surface area contributed by atoms with E-state index in [0.717, 1.165) is 35.4 Å². The standard InChI is InChI=1S/C30H52N7O19P3S/c1-5-16(2)18(39)10-17(38)11-21(41)60-9-8-32-20(40)6-7-33-28(44)25(43)30(3,4)13-53-59(50,51)56-58(48,49)52-12-19-24(55-57(45,46)47)23(42)29(54-19)37-15-36-22-26(31)34-14-35-27(22)37/h14-19,23-25,29,38-39,42-43H,5-13H2,1-4H3,(H,32,40)(H,33,44)(H,48,49)(H,50,51)(H2,31,34,35)(H2,45,46,47)/t16?,17?,18?,19-,23-,24-,25?,29-/m1/s1. The van der Waals surface area contributed by atoms with E-state index in [1.807, 2.05) is 13.8 Å². The number of imidazole rings is 1. The largest absolute Gasteiger partial charge is 0.481 e. The SMILES string of the molecule is CCC(C)C(O)CC(O)CC(=O)SCCNC(=O)CCNC(=O)C(O)C(C)(C)COP(=O)(O)OP(=O)(O)OC[C@H]1O[C@@H](n2cnc3c(N)ncnc32)[C@H](O)[C@@H]1OP(=O)(O)O. The third kappa shape index (κ3) is 16.0. The predicted molar refractivity (Wildman–Crippen MR) is 208 cm³/mol. The number of aliphatic hydroxyl groups is 4. The number of fused-ring (bicyclic) bond motifs is 1. The van der Waals surface area contributed by atoms with Gasteiger partial charge in [-0.1, -0.05) is 45.9 Å². The fourth-order valence-electron chi connectivity index (χ4n) is 5.41. The number of nitrogens with two attached hydrogens (primary N) is 1. The highest BCUT2D eigenvalue weighted by molar-refractivity contribution is 8.13. The lowest BCUT2D eigenvalue weighted by Crippen LogP contribution is -2.46. The first kappa shape index (κ1) is 51.8. The summed E-state index contributed by atoms with van der Waals surface area (Å²) >= 11 is 0.898. The second-order valence-electron chi connectivity index (χ2n) is 14.3. The first-order valence-corrected chi connectivity index (χ1v) is 23.7. The molecule has 0 aromatic carbocycles. The van der Waals surface area contributed by atoms with Gasteiger partial charge in [0.25, 0.3) is 0 Å². The summed E-state index contributed by atoms with van der Waals surface area (Å²) in [7, 11) is -16.4. The summed E-state index contributed by atoms with van der Waals surface area (Å²) in [4.78, 5) is 87.8. The minimum absolute atomic E-state index is 0.0217. The molecule has 0 radical (unpaired) electrons. The molecule has 3 heterocycles. The van der Waals surface area contributed by atoms with E-state index in [1.165, 1.54) is 13.8 Å². The molecule has 342 valence electrons. The van der Waals surface area contributed by atoms with E-state index in [9.17, 15) is 68.1 Å². The number of nitrogens with zero attached hydrogens (tertiary/aromatic N) is 4. The summed E-state index contributed by atoms with van der Waals surface area (Å²) in [6, 6.07) is 0. The Hall–Kier alpha value is -2.52. The molecule has 2 amide bonds. The van der Waals surface area contributed by atoms with Gasteiger partial charge in [0.05, 0.1) is 31.7 Å². The monoisotopic (exact) mass is 939 g/mol. The number of hydrogen-bond acceptors (Lipinski definition) is 20. The number of ether oxygens (including phenoxy) is 1. The zero-order valence-corrected chi connectivity index (χ0v) is 36.3. The van der Waals surface area contributed by atoms with Crippen LogP contribution in [0.3, 0.4) is 0 Å². The van der Waals surface area contributed by atoms with Crippen LogP contribution in [-0.4, -0.2) is 145 Å². The number of aromatic nitrogens is 4. The summed E-state index contributed by atoms with van der Waals surface area (Å²) in [6.07, 6.45) is -8.16. The van der Waals surface area contributed by atoms with Crippen molar-refractivity contribution in [2.45, 2.75) is 96.2 Å². The van der Waals surface area contributed by atoms with E-state index in [0.29, 0.717) is 0 Å². The van der Waals surface area contributed by atoms with Crippen molar-refractivity contribution in [2.75, 3.05) is 37.8 Å². The molecule has 0 spiro atoms. The van der Waals surface area contributed by atoms with Gasteiger partial charge >= 0.3 is 23.5 Å². The van der Waals surface area contributed by atoms with Crippen molar-refractivity contribution in [1.82, 2.24) is 30.2 Å². The topological polar surface area (TPSA) is 404 Å². The maximum atomic E-state index is 12.7. The fraction of sp³-hybridized carbons (Fsp3) is 0.733. The average Bonchev–Trinajstić information content (AvgIpc) is 3.70. The number of anilines is 1. The van der Waals surface area contributed by atoms with Crippen LogP contribution in [0.2, 0.25) is 0 Å². The number of carbonyl (C=O) groups excluding carboxylic acids is 3. The second-order valence-corrected chi connectivity index (χ2v) is 19.7.